The summed E-state index contributed by atoms with van der Waals surface area (Å²) in [5, 5.41) is 4.68. The predicted octanol–water partition coefficient (Wildman–Crippen LogP) is 5.92. The zero-order valence-corrected chi connectivity index (χ0v) is 18.7. The van der Waals surface area contributed by atoms with E-state index in [0.29, 0.717) is 35.6 Å². The Morgan fingerprint density at radius 3 is 2.52 bits per heavy atom. The fourth-order valence-corrected chi connectivity index (χ4v) is 4.49. The average molecular weight is 436 g/mol. The van der Waals surface area contributed by atoms with Gasteiger partial charge in [-0.2, -0.15) is 0 Å². The minimum Gasteiger partial charge on any atom is -0.294 e. The molecule has 3 aromatic carbocycles. The first kappa shape index (κ1) is 21.0. The van der Waals surface area contributed by atoms with Crippen molar-refractivity contribution in [2.24, 2.45) is 0 Å². The highest BCUT2D eigenvalue weighted by Gasteiger charge is 2.28. The van der Waals surface area contributed by atoms with Gasteiger partial charge in [0.05, 0.1) is 11.3 Å². The highest BCUT2D eigenvalue weighted by Crippen LogP contribution is 2.32. The Balaban J connectivity index is 1.39. The maximum atomic E-state index is 13.0. The number of hydrogen-bond acceptors (Lipinski definition) is 4. The lowest BCUT2D eigenvalue weighted by Gasteiger charge is -2.23. The van der Waals surface area contributed by atoms with Crippen LogP contribution in [0.15, 0.2) is 72.9 Å². The lowest BCUT2D eigenvalue weighted by Crippen LogP contribution is -2.22. The molecular weight excluding hydrogens is 410 g/mol. The molecule has 1 atom stereocenters. The summed E-state index contributed by atoms with van der Waals surface area (Å²) in [5.74, 6) is 0.530. The Labute approximate surface area is 192 Å². The Bertz CT molecular complexity index is 1350. The summed E-state index contributed by atoms with van der Waals surface area (Å²) in [6.07, 6.45) is 2.63. The van der Waals surface area contributed by atoms with Crippen LogP contribution in [-0.2, 0) is 6.42 Å². The van der Waals surface area contributed by atoms with E-state index in [-0.39, 0.29) is 23.6 Å². The molecule has 1 aromatic heterocycles. The molecule has 164 valence electrons. The van der Waals surface area contributed by atoms with Gasteiger partial charge in [-0.1, -0.05) is 74.5 Å². The molecular formula is C28H25N3O2. The molecule has 33 heavy (non-hydrogen) atoms. The van der Waals surface area contributed by atoms with E-state index in [9.17, 15) is 9.59 Å². The summed E-state index contributed by atoms with van der Waals surface area (Å²) in [4.78, 5) is 34.6. The summed E-state index contributed by atoms with van der Waals surface area (Å²) < 4.78 is 0. The monoisotopic (exact) mass is 435 g/mol. The standard InChI is InChI=1S/C28H25N3O2/c1-17(2)18-10-12-19(13-11-18)21-14-25-24(26(32)15-21)16-29-28(30-25)31-27(33)23-9-5-7-20-6-3-4-8-22(20)23/h3-13,16-17,21H,14-15H2,1-2H3,(H,29,30,31,33)/t21-/m1/s1. The minimum absolute atomic E-state index is 0.0427. The number of nitrogens with zero attached hydrogens (tertiary/aromatic N) is 2. The third-order valence-corrected chi connectivity index (χ3v) is 6.37. The van der Waals surface area contributed by atoms with E-state index >= 15 is 0 Å². The molecule has 0 spiro atoms. The molecule has 0 fully saturated rings. The summed E-state index contributed by atoms with van der Waals surface area (Å²) in [6.45, 7) is 4.33. The van der Waals surface area contributed by atoms with Crippen molar-refractivity contribution in [1.29, 1.82) is 0 Å². The maximum Gasteiger partial charge on any atom is 0.258 e. The van der Waals surface area contributed by atoms with Crippen LogP contribution in [0.25, 0.3) is 10.8 Å². The highest BCUT2D eigenvalue weighted by molar-refractivity contribution is 6.12. The smallest absolute Gasteiger partial charge is 0.258 e. The van der Waals surface area contributed by atoms with E-state index < -0.39 is 0 Å². The number of Topliss-reactive ketones (excluding diaryl/α,β-unsaturated/α-hetero) is 1. The van der Waals surface area contributed by atoms with Gasteiger partial charge < -0.3 is 0 Å². The number of carbonyl (C=O) groups excluding carboxylic acids is 2. The minimum atomic E-state index is -0.269. The number of rotatable bonds is 4. The first-order valence-corrected chi connectivity index (χ1v) is 11.3. The molecule has 5 nitrogen and oxygen atoms in total. The van der Waals surface area contributed by atoms with Crippen LogP contribution in [-0.4, -0.2) is 21.7 Å². The van der Waals surface area contributed by atoms with Gasteiger partial charge in [0.25, 0.3) is 5.91 Å². The lowest BCUT2D eigenvalue weighted by atomic mass is 9.81. The van der Waals surface area contributed by atoms with Gasteiger partial charge in [0.15, 0.2) is 5.78 Å². The second-order valence-electron chi connectivity index (χ2n) is 8.88. The Morgan fingerprint density at radius 1 is 0.970 bits per heavy atom. The third-order valence-electron chi connectivity index (χ3n) is 6.37. The Hall–Kier alpha value is -3.86. The molecule has 5 heteroatoms. The maximum absolute atomic E-state index is 13.0. The van der Waals surface area contributed by atoms with E-state index in [4.69, 9.17) is 0 Å². The molecule has 1 aliphatic carbocycles. The van der Waals surface area contributed by atoms with Crippen LogP contribution in [0.5, 0.6) is 0 Å². The van der Waals surface area contributed by atoms with Crippen LogP contribution >= 0.6 is 0 Å². The van der Waals surface area contributed by atoms with Gasteiger partial charge in [-0.15, -0.1) is 0 Å². The average Bonchev–Trinajstić information content (AvgIpc) is 2.83. The van der Waals surface area contributed by atoms with Gasteiger partial charge in [0, 0.05) is 18.2 Å². The number of anilines is 1. The van der Waals surface area contributed by atoms with Gasteiger partial charge in [-0.25, -0.2) is 9.97 Å². The molecule has 1 aliphatic rings. The second-order valence-corrected chi connectivity index (χ2v) is 8.88. The largest absolute Gasteiger partial charge is 0.294 e. The SMILES string of the molecule is CC(C)c1ccc([C@H]2CC(=O)c3cnc(NC(=O)c4cccc5ccccc45)nc3C2)cc1. The number of ketones is 1. The van der Waals surface area contributed by atoms with Crippen LogP contribution in [0.3, 0.4) is 0 Å². The number of carbonyl (C=O) groups is 2. The van der Waals surface area contributed by atoms with Gasteiger partial charge in [0.1, 0.15) is 0 Å². The fourth-order valence-electron chi connectivity index (χ4n) is 4.49. The van der Waals surface area contributed by atoms with E-state index in [0.717, 1.165) is 16.3 Å². The molecule has 1 N–H and O–H groups in total. The Morgan fingerprint density at radius 2 is 1.73 bits per heavy atom. The van der Waals surface area contributed by atoms with E-state index in [2.05, 4.69) is 53.4 Å². The number of amides is 1. The van der Waals surface area contributed by atoms with Gasteiger partial charge in [0.2, 0.25) is 5.95 Å². The van der Waals surface area contributed by atoms with Crippen LogP contribution in [0.4, 0.5) is 5.95 Å². The fraction of sp³-hybridized carbons (Fsp3) is 0.214. The molecule has 0 saturated heterocycles. The summed E-state index contributed by atoms with van der Waals surface area (Å²) in [5.41, 5.74) is 4.22. The van der Waals surface area contributed by atoms with Crippen LogP contribution in [0.1, 0.15) is 69.6 Å². The van der Waals surface area contributed by atoms with E-state index in [1.54, 1.807) is 12.3 Å². The number of nitrogens with one attached hydrogen (secondary N) is 1. The molecule has 5 rings (SSSR count). The lowest BCUT2D eigenvalue weighted by molar-refractivity contribution is 0.0962. The molecule has 0 aliphatic heterocycles. The van der Waals surface area contributed by atoms with Crippen LogP contribution in [0.2, 0.25) is 0 Å². The predicted molar refractivity (Wildman–Crippen MR) is 130 cm³/mol. The highest BCUT2D eigenvalue weighted by atomic mass is 16.1. The zero-order chi connectivity index (χ0) is 22.9. The first-order valence-electron chi connectivity index (χ1n) is 11.3. The molecule has 0 unspecified atom stereocenters. The van der Waals surface area contributed by atoms with Crippen LogP contribution in [0, 0.1) is 0 Å². The molecule has 0 bridgehead atoms. The van der Waals surface area contributed by atoms with Gasteiger partial charge in [-0.05, 0) is 46.2 Å². The first-order chi connectivity index (χ1) is 16.0. The van der Waals surface area contributed by atoms with Crippen molar-refractivity contribution in [3.05, 3.63) is 101 Å². The van der Waals surface area contributed by atoms with Crippen molar-refractivity contribution in [1.82, 2.24) is 9.97 Å². The summed E-state index contributed by atoms with van der Waals surface area (Å²) >= 11 is 0. The normalized spacial score (nSPS) is 15.5. The van der Waals surface area contributed by atoms with E-state index in [1.165, 1.54) is 5.56 Å². The zero-order valence-electron chi connectivity index (χ0n) is 18.7. The second kappa shape index (κ2) is 8.58. The molecule has 1 amide bonds. The molecule has 4 aromatic rings. The third kappa shape index (κ3) is 4.14. The summed E-state index contributed by atoms with van der Waals surface area (Å²) in [6, 6.07) is 21.9. The van der Waals surface area contributed by atoms with Gasteiger partial charge in [-0.3, -0.25) is 14.9 Å². The van der Waals surface area contributed by atoms with E-state index in [1.807, 2.05) is 36.4 Å². The molecule has 0 radical (unpaired) electrons. The number of hydrogen-bond donors (Lipinski definition) is 1. The molecule has 1 heterocycles. The number of fused-ring (bicyclic) bond motifs is 2. The quantitative estimate of drug-likeness (QED) is 0.432. The molecule has 0 saturated carbocycles. The topological polar surface area (TPSA) is 72.0 Å². The Kier molecular flexibility index (Phi) is 5.47. The van der Waals surface area contributed by atoms with Gasteiger partial charge >= 0.3 is 0 Å². The number of aromatic nitrogens is 2. The number of benzene rings is 3. The van der Waals surface area contributed by atoms with Crippen LogP contribution < -0.4 is 5.32 Å². The summed E-state index contributed by atoms with van der Waals surface area (Å²) in [7, 11) is 0. The van der Waals surface area contributed by atoms with Crippen molar-refractivity contribution in [2.75, 3.05) is 5.32 Å². The van der Waals surface area contributed by atoms with Crippen molar-refractivity contribution in [3.8, 4) is 0 Å². The van der Waals surface area contributed by atoms with Crippen molar-refractivity contribution < 1.29 is 9.59 Å². The van der Waals surface area contributed by atoms with Crippen molar-refractivity contribution >= 4 is 28.4 Å². The van der Waals surface area contributed by atoms with Crippen molar-refractivity contribution in [3.63, 3.8) is 0 Å². The van der Waals surface area contributed by atoms with Crippen molar-refractivity contribution in [2.45, 2.75) is 38.5 Å².